The normalized spacial score (nSPS) is 24.0. The van der Waals surface area contributed by atoms with Gasteiger partial charge in [-0.3, -0.25) is 0 Å². The summed E-state index contributed by atoms with van der Waals surface area (Å²) in [5.74, 6) is 1.94. The minimum absolute atomic E-state index is 0.218. The molecule has 0 fully saturated rings. The van der Waals surface area contributed by atoms with E-state index >= 15 is 0 Å². The molecule has 128 valence electrons. The molecule has 0 saturated heterocycles. The summed E-state index contributed by atoms with van der Waals surface area (Å²) < 4.78 is 25.0. The fourth-order valence-corrected chi connectivity index (χ4v) is 6.24. The topological polar surface area (TPSA) is 44.6 Å². The molecule has 3 nitrogen and oxygen atoms in total. The van der Waals surface area contributed by atoms with Gasteiger partial charge in [-0.2, -0.15) is 0 Å². The highest BCUT2D eigenvalue weighted by Gasteiger charge is 2.36. The maximum absolute atomic E-state index is 13.7. The van der Waals surface area contributed by atoms with Crippen molar-refractivity contribution in [2.24, 2.45) is 10.3 Å². The van der Waals surface area contributed by atoms with Crippen molar-refractivity contribution < 1.29 is 9.29 Å². The van der Waals surface area contributed by atoms with Gasteiger partial charge in [-0.25, -0.2) is 0 Å². The van der Waals surface area contributed by atoms with Crippen LogP contribution < -0.4 is 4.74 Å². The van der Waals surface area contributed by atoms with Crippen molar-refractivity contribution in [1.29, 1.82) is 0 Å². The molecule has 0 spiro atoms. The number of ether oxygens (including phenoxy) is 1. The lowest BCUT2D eigenvalue weighted by atomic mass is 9.87. The van der Waals surface area contributed by atoms with Crippen LogP contribution in [0.2, 0.25) is 0 Å². The van der Waals surface area contributed by atoms with Crippen molar-refractivity contribution in [3.05, 3.63) is 53.6 Å². The van der Waals surface area contributed by atoms with Crippen LogP contribution in [0.3, 0.4) is 0 Å². The number of nitrogens with zero attached hydrogens (tertiary/aromatic N) is 1. The molecule has 0 N–H and O–H groups in total. The molecule has 1 aliphatic heterocycles. The summed E-state index contributed by atoms with van der Waals surface area (Å²) in [6.45, 7) is 4.30. The standard InChI is InChI=1S/C19H22INO2S/c1-13-9-16-17(14(2)11-20)12-24(22,15-7-5-4-6-8-15)21-19(16)18(10-13)23-3/h4-10,14,17H,11-12H2,1-3H3/t14?,17-,24?/m1/s1. The zero-order valence-corrected chi connectivity index (χ0v) is 17.1. The van der Waals surface area contributed by atoms with Gasteiger partial charge in [0.2, 0.25) is 0 Å². The molecular weight excluding hydrogens is 433 g/mol. The van der Waals surface area contributed by atoms with E-state index in [9.17, 15) is 4.55 Å². The highest BCUT2D eigenvalue weighted by Crippen LogP contribution is 2.47. The van der Waals surface area contributed by atoms with Gasteiger partial charge in [-0.05, 0) is 52.3 Å². The van der Waals surface area contributed by atoms with Gasteiger partial charge < -0.3 is 9.29 Å². The van der Waals surface area contributed by atoms with Gasteiger partial charge in [0, 0.05) is 10.3 Å². The van der Waals surface area contributed by atoms with Crippen molar-refractivity contribution in [3.8, 4) is 5.75 Å². The van der Waals surface area contributed by atoms with Gasteiger partial charge in [0.1, 0.15) is 16.4 Å². The van der Waals surface area contributed by atoms with Crippen LogP contribution in [-0.2, 0) is 10.1 Å². The van der Waals surface area contributed by atoms with Gasteiger partial charge in [0.25, 0.3) is 0 Å². The Hall–Kier alpha value is -0.920. The minimum Gasteiger partial charge on any atom is -0.626 e. The van der Waals surface area contributed by atoms with Crippen LogP contribution in [0, 0.1) is 12.8 Å². The van der Waals surface area contributed by atoms with E-state index in [2.05, 4.69) is 42.5 Å². The zero-order chi connectivity index (χ0) is 17.3. The van der Waals surface area contributed by atoms with E-state index in [1.807, 2.05) is 36.4 Å². The summed E-state index contributed by atoms with van der Waals surface area (Å²) in [7, 11) is -0.837. The Morgan fingerprint density at radius 1 is 1.33 bits per heavy atom. The Morgan fingerprint density at radius 2 is 2.04 bits per heavy atom. The Morgan fingerprint density at radius 3 is 2.67 bits per heavy atom. The van der Waals surface area contributed by atoms with Gasteiger partial charge >= 0.3 is 0 Å². The SMILES string of the molecule is COc1cc(C)cc2c1N=[S+]([O-])(c1ccccc1)C[C@@H]2C(C)CI. The molecule has 2 unspecified atom stereocenters. The van der Waals surface area contributed by atoms with Crippen molar-refractivity contribution in [2.75, 3.05) is 17.3 Å². The average molecular weight is 455 g/mol. The quantitative estimate of drug-likeness (QED) is 0.355. The largest absolute Gasteiger partial charge is 0.626 e. The number of aryl methyl sites for hydroxylation is 1. The van der Waals surface area contributed by atoms with E-state index in [-0.39, 0.29) is 5.92 Å². The highest BCUT2D eigenvalue weighted by atomic mass is 127. The lowest BCUT2D eigenvalue weighted by molar-refractivity contribution is 0.413. The van der Waals surface area contributed by atoms with Crippen LogP contribution in [0.4, 0.5) is 5.69 Å². The number of fused-ring (bicyclic) bond motifs is 1. The monoisotopic (exact) mass is 455 g/mol. The first kappa shape index (κ1) is 17.9. The third kappa shape index (κ3) is 3.26. The van der Waals surface area contributed by atoms with Gasteiger partial charge in [-0.15, -0.1) is 0 Å². The minimum atomic E-state index is -2.49. The second-order valence-electron chi connectivity index (χ2n) is 6.35. The maximum Gasteiger partial charge on any atom is 0.155 e. The summed E-state index contributed by atoms with van der Waals surface area (Å²) in [4.78, 5) is 0.809. The van der Waals surface area contributed by atoms with Crippen molar-refractivity contribution >= 4 is 38.4 Å². The van der Waals surface area contributed by atoms with Crippen LogP contribution in [-0.4, -0.2) is 21.8 Å². The van der Waals surface area contributed by atoms with Crippen LogP contribution in [0.1, 0.15) is 24.0 Å². The van der Waals surface area contributed by atoms with E-state index in [1.165, 1.54) is 5.56 Å². The number of hydrogen-bond acceptors (Lipinski definition) is 3. The van der Waals surface area contributed by atoms with Crippen LogP contribution in [0.15, 0.2) is 51.7 Å². The molecule has 2 aromatic rings. The summed E-state index contributed by atoms with van der Waals surface area (Å²) in [6.07, 6.45) is 0. The summed E-state index contributed by atoms with van der Waals surface area (Å²) in [6, 6.07) is 13.8. The third-order valence-corrected chi connectivity index (χ3v) is 8.24. The predicted molar refractivity (Wildman–Crippen MR) is 108 cm³/mol. The zero-order valence-electron chi connectivity index (χ0n) is 14.2. The Balaban J connectivity index is 2.25. The fourth-order valence-electron chi connectivity index (χ4n) is 3.19. The first-order valence-electron chi connectivity index (χ1n) is 8.03. The van der Waals surface area contributed by atoms with E-state index < -0.39 is 10.1 Å². The number of alkyl halides is 1. The Bertz CT molecular complexity index is 791. The Labute approximate surface area is 158 Å². The summed E-state index contributed by atoms with van der Waals surface area (Å²) in [5, 5.41) is 0. The molecule has 1 heterocycles. The number of rotatable bonds is 4. The first-order chi connectivity index (χ1) is 11.5. The number of benzene rings is 2. The molecule has 0 amide bonds. The van der Waals surface area contributed by atoms with E-state index in [4.69, 9.17) is 9.10 Å². The Kier molecular flexibility index (Phi) is 5.32. The van der Waals surface area contributed by atoms with E-state index in [0.717, 1.165) is 26.3 Å². The van der Waals surface area contributed by atoms with Crippen LogP contribution in [0.5, 0.6) is 5.75 Å². The predicted octanol–water partition coefficient (Wildman–Crippen LogP) is 5.33. The first-order valence-corrected chi connectivity index (χ1v) is 11.2. The molecule has 3 atom stereocenters. The highest BCUT2D eigenvalue weighted by molar-refractivity contribution is 14.1. The van der Waals surface area contributed by atoms with Crippen molar-refractivity contribution in [2.45, 2.75) is 24.7 Å². The van der Waals surface area contributed by atoms with E-state index in [1.54, 1.807) is 7.11 Å². The fraction of sp³-hybridized carbons (Fsp3) is 0.368. The maximum atomic E-state index is 13.7. The van der Waals surface area contributed by atoms with Crippen LogP contribution >= 0.6 is 22.6 Å². The van der Waals surface area contributed by atoms with Gasteiger partial charge in [0.15, 0.2) is 5.69 Å². The number of halogens is 1. The van der Waals surface area contributed by atoms with Crippen molar-refractivity contribution in [1.82, 2.24) is 0 Å². The van der Waals surface area contributed by atoms with Gasteiger partial charge in [0.05, 0.1) is 7.11 Å². The lowest BCUT2D eigenvalue weighted by Crippen LogP contribution is -2.29. The summed E-state index contributed by atoms with van der Waals surface area (Å²) >= 11 is 2.41. The third-order valence-electron chi connectivity index (χ3n) is 4.55. The molecule has 0 radical (unpaired) electrons. The van der Waals surface area contributed by atoms with E-state index in [0.29, 0.717) is 11.7 Å². The molecule has 3 rings (SSSR count). The molecule has 0 aromatic heterocycles. The molecule has 0 aliphatic carbocycles. The second-order valence-corrected chi connectivity index (χ2v) is 9.50. The van der Waals surface area contributed by atoms with Gasteiger partial charge in [-0.1, -0.05) is 58.1 Å². The smallest absolute Gasteiger partial charge is 0.155 e. The lowest BCUT2D eigenvalue weighted by Gasteiger charge is -2.34. The molecule has 0 saturated carbocycles. The average Bonchev–Trinajstić information content (AvgIpc) is 2.61. The summed E-state index contributed by atoms with van der Waals surface area (Å²) in [5.41, 5.74) is 3.09. The molecular formula is C19H22INO2S. The number of methoxy groups -OCH3 is 1. The number of hydrogen-bond donors (Lipinski definition) is 0. The second kappa shape index (κ2) is 7.14. The van der Waals surface area contributed by atoms with Crippen molar-refractivity contribution in [3.63, 3.8) is 0 Å². The van der Waals surface area contributed by atoms with Crippen LogP contribution in [0.25, 0.3) is 0 Å². The molecule has 0 bridgehead atoms. The molecule has 2 aromatic carbocycles. The molecule has 24 heavy (non-hydrogen) atoms. The molecule has 1 aliphatic rings. The molecule has 5 heteroatoms.